The summed E-state index contributed by atoms with van der Waals surface area (Å²) in [6.45, 7) is 11.1. The van der Waals surface area contributed by atoms with Crippen LogP contribution in [0.5, 0.6) is 0 Å². The molecule has 0 aromatic heterocycles. The van der Waals surface area contributed by atoms with Gasteiger partial charge in [-0.1, -0.05) is 6.92 Å². The van der Waals surface area contributed by atoms with Crippen molar-refractivity contribution in [3.05, 3.63) is 0 Å². The van der Waals surface area contributed by atoms with Crippen LogP contribution in [0.1, 0.15) is 19.8 Å². The van der Waals surface area contributed by atoms with Crippen LogP contribution in [0.15, 0.2) is 0 Å². The van der Waals surface area contributed by atoms with E-state index in [1.165, 1.54) is 17.9 Å². The van der Waals surface area contributed by atoms with Crippen LogP contribution in [0, 0.1) is 0 Å². The lowest BCUT2D eigenvalue weighted by atomic mass is 10.4. The minimum Gasteiger partial charge on any atom is -0.382 e. The number of thioether (sulfide) groups is 1. The Hall–Kier alpha value is 0.110. The van der Waals surface area contributed by atoms with E-state index < -0.39 is 0 Å². The van der Waals surface area contributed by atoms with Gasteiger partial charge in [-0.25, -0.2) is 0 Å². The molecule has 0 bridgehead atoms. The first-order chi connectivity index (χ1) is 11.9. The summed E-state index contributed by atoms with van der Waals surface area (Å²) in [6, 6.07) is 0. The van der Waals surface area contributed by atoms with Gasteiger partial charge in [-0.05, 0) is 25.9 Å². The second-order valence-corrected chi connectivity index (χ2v) is 6.52. The van der Waals surface area contributed by atoms with Crippen molar-refractivity contribution in [3.63, 3.8) is 0 Å². The van der Waals surface area contributed by atoms with Crippen LogP contribution in [0.25, 0.3) is 0 Å². The minimum absolute atomic E-state index is 0.611. The topological polar surface area (TPSA) is 61.0 Å². The van der Waals surface area contributed by atoms with E-state index in [0.717, 1.165) is 39.2 Å². The summed E-state index contributed by atoms with van der Waals surface area (Å²) in [7, 11) is 1.67. The van der Waals surface area contributed by atoms with E-state index in [2.05, 4.69) is 17.6 Å². The van der Waals surface area contributed by atoms with Crippen molar-refractivity contribution < 1.29 is 18.9 Å². The maximum Gasteiger partial charge on any atom is 0.0701 e. The zero-order chi connectivity index (χ0) is 17.6. The van der Waals surface area contributed by atoms with E-state index in [4.69, 9.17) is 18.9 Å². The van der Waals surface area contributed by atoms with Gasteiger partial charge in [0.15, 0.2) is 0 Å². The Labute approximate surface area is 152 Å². The van der Waals surface area contributed by atoms with Gasteiger partial charge in [0, 0.05) is 38.3 Å². The first-order valence-electron chi connectivity index (χ1n) is 9.13. The largest absolute Gasteiger partial charge is 0.382 e. The maximum absolute atomic E-state index is 5.52. The molecule has 24 heavy (non-hydrogen) atoms. The molecule has 0 saturated heterocycles. The summed E-state index contributed by atoms with van der Waals surface area (Å²) in [5.41, 5.74) is 0. The smallest absolute Gasteiger partial charge is 0.0701 e. The number of methoxy groups -OCH3 is 1. The van der Waals surface area contributed by atoms with E-state index in [0.29, 0.717) is 39.6 Å². The normalized spacial score (nSPS) is 11.2. The van der Waals surface area contributed by atoms with Gasteiger partial charge in [-0.15, -0.1) is 0 Å². The summed E-state index contributed by atoms with van der Waals surface area (Å²) in [6.07, 6.45) is 2.26. The Morgan fingerprint density at radius 1 is 0.667 bits per heavy atom. The summed E-state index contributed by atoms with van der Waals surface area (Å²) < 4.78 is 21.1. The molecule has 7 heteroatoms. The summed E-state index contributed by atoms with van der Waals surface area (Å²) in [5.74, 6) is 2.37. The Balaban J connectivity index is 2.93. The van der Waals surface area contributed by atoms with Gasteiger partial charge >= 0.3 is 0 Å². The van der Waals surface area contributed by atoms with Crippen molar-refractivity contribution >= 4 is 11.8 Å². The molecule has 0 fully saturated rings. The SMILES string of the molecule is CCCNCCSCCNCCCOCCOCCOCCOC. The fourth-order valence-electron chi connectivity index (χ4n) is 1.80. The van der Waals surface area contributed by atoms with Crippen LogP contribution in [0.3, 0.4) is 0 Å². The predicted octanol–water partition coefficient (Wildman–Crippen LogP) is 1.40. The summed E-state index contributed by atoms with van der Waals surface area (Å²) in [4.78, 5) is 0. The number of hydrogen-bond donors (Lipinski definition) is 2. The molecule has 146 valence electrons. The molecule has 0 amide bonds. The van der Waals surface area contributed by atoms with Gasteiger partial charge < -0.3 is 29.6 Å². The molecule has 0 aromatic rings. The average Bonchev–Trinajstić information content (AvgIpc) is 2.60. The van der Waals surface area contributed by atoms with Gasteiger partial charge in [-0.2, -0.15) is 11.8 Å². The average molecular weight is 367 g/mol. The third kappa shape index (κ3) is 22.1. The predicted molar refractivity (Wildman–Crippen MR) is 102 cm³/mol. The van der Waals surface area contributed by atoms with Crippen molar-refractivity contribution in [2.75, 3.05) is 91.0 Å². The molecular weight excluding hydrogens is 328 g/mol. The third-order valence-electron chi connectivity index (χ3n) is 3.09. The fraction of sp³-hybridized carbons (Fsp3) is 1.00. The van der Waals surface area contributed by atoms with E-state index in [-0.39, 0.29) is 0 Å². The highest BCUT2D eigenvalue weighted by Gasteiger charge is 1.93. The molecule has 0 heterocycles. The number of hydrogen-bond acceptors (Lipinski definition) is 7. The lowest BCUT2D eigenvalue weighted by Gasteiger charge is -2.07. The first-order valence-corrected chi connectivity index (χ1v) is 10.3. The molecule has 0 aliphatic carbocycles. The molecule has 0 atom stereocenters. The van der Waals surface area contributed by atoms with E-state index in [1.807, 2.05) is 11.8 Å². The number of ether oxygens (including phenoxy) is 4. The molecule has 0 aromatic carbocycles. The summed E-state index contributed by atoms with van der Waals surface area (Å²) in [5, 5.41) is 6.85. The van der Waals surface area contributed by atoms with Gasteiger partial charge in [0.2, 0.25) is 0 Å². The Morgan fingerprint density at radius 2 is 1.21 bits per heavy atom. The molecule has 0 rings (SSSR count). The Morgan fingerprint density at radius 3 is 1.79 bits per heavy atom. The highest BCUT2D eigenvalue weighted by atomic mass is 32.2. The minimum atomic E-state index is 0.611. The molecule has 0 saturated carbocycles. The van der Waals surface area contributed by atoms with Crippen LogP contribution in [0.4, 0.5) is 0 Å². The molecule has 0 radical (unpaired) electrons. The molecule has 6 nitrogen and oxygen atoms in total. The van der Waals surface area contributed by atoms with Gasteiger partial charge in [0.25, 0.3) is 0 Å². The quantitative estimate of drug-likeness (QED) is 0.298. The Bertz CT molecular complexity index is 205. The molecule has 0 aliphatic heterocycles. The first kappa shape index (κ1) is 24.1. The van der Waals surface area contributed by atoms with Gasteiger partial charge in [0.1, 0.15) is 0 Å². The molecule has 0 unspecified atom stereocenters. The second kappa shape index (κ2) is 23.1. The highest BCUT2D eigenvalue weighted by molar-refractivity contribution is 7.99. The van der Waals surface area contributed by atoms with Crippen LogP contribution in [-0.2, 0) is 18.9 Å². The van der Waals surface area contributed by atoms with Crippen molar-refractivity contribution in [3.8, 4) is 0 Å². The number of rotatable bonds is 21. The molecule has 2 N–H and O–H groups in total. The lowest BCUT2D eigenvalue weighted by Crippen LogP contribution is -2.21. The molecule has 0 spiro atoms. The molecular formula is C17H38N2O4S. The van der Waals surface area contributed by atoms with Crippen molar-refractivity contribution in [1.29, 1.82) is 0 Å². The second-order valence-electron chi connectivity index (χ2n) is 5.30. The van der Waals surface area contributed by atoms with Gasteiger partial charge in [0.05, 0.1) is 39.6 Å². The number of nitrogens with one attached hydrogen (secondary N) is 2. The third-order valence-corrected chi connectivity index (χ3v) is 4.08. The maximum atomic E-state index is 5.52. The highest BCUT2D eigenvalue weighted by Crippen LogP contribution is 1.96. The van der Waals surface area contributed by atoms with E-state index in [9.17, 15) is 0 Å². The van der Waals surface area contributed by atoms with Crippen LogP contribution in [-0.4, -0.2) is 91.0 Å². The van der Waals surface area contributed by atoms with Crippen molar-refractivity contribution in [2.45, 2.75) is 19.8 Å². The van der Waals surface area contributed by atoms with Crippen LogP contribution >= 0.6 is 11.8 Å². The lowest BCUT2D eigenvalue weighted by molar-refractivity contribution is 0.00346. The van der Waals surface area contributed by atoms with Gasteiger partial charge in [-0.3, -0.25) is 0 Å². The van der Waals surface area contributed by atoms with Crippen LogP contribution in [0.2, 0.25) is 0 Å². The van der Waals surface area contributed by atoms with E-state index in [1.54, 1.807) is 7.11 Å². The summed E-state index contributed by atoms with van der Waals surface area (Å²) >= 11 is 2.00. The van der Waals surface area contributed by atoms with Crippen molar-refractivity contribution in [2.24, 2.45) is 0 Å². The molecule has 0 aliphatic rings. The van der Waals surface area contributed by atoms with Crippen molar-refractivity contribution in [1.82, 2.24) is 10.6 Å². The zero-order valence-electron chi connectivity index (χ0n) is 15.6. The Kier molecular flexibility index (Phi) is 23.2. The fourth-order valence-corrected chi connectivity index (χ4v) is 2.58. The zero-order valence-corrected chi connectivity index (χ0v) is 16.5. The standard InChI is InChI=1S/C17H38N2O4S/c1-3-5-18-7-16-24-17-8-19-6-4-9-21-12-13-23-15-14-22-11-10-20-2/h18-19H,3-17H2,1-2H3. The van der Waals surface area contributed by atoms with Crippen LogP contribution < -0.4 is 10.6 Å². The monoisotopic (exact) mass is 366 g/mol. The van der Waals surface area contributed by atoms with E-state index >= 15 is 0 Å².